The van der Waals surface area contributed by atoms with E-state index < -0.39 is 0 Å². The summed E-state index contributed by atoms with van der Waals surface area (Å²) in [7, 11) is 0. The molecule has 0 unspecified atom stereocenters. The number of allylic oxidation sites excluding steroid dienone is 1. The van der Waals surface area contributed by atoms with Gasteiger partial charge in [-0.15, -0.1) is 0 Å². The smallest absolute Gasteiger partial charge is 0.254 e. The Hall–Kier alpha value is -2.83. The summed E-state index contributed by atoms with van der Waals surface area (Å²) < 4.78 is 5.22. The van der Waals surface area contributed by atoms with Crippen LogP contribution in [-0.4, -0.2) is 37.1 Å². The van der Waals surface area contributed by atoms with Gasteiger partial charge in [0.15, 0.2) is 0 Å². The predicted molar refractivity (Wildman–Crippen MR) is 76.1 cm³/mol. The lowest BCUT2D eigenvalue weighted by Crippen LogP contribution is -2.40. The van der Waals surface area contributed by atoms with Gasteiger partial charge in [-0.1, -0.05) is 6.07 Å². The van der Waals surface area contributed by atoms with Crippen molar-refractivity contribution in [2.75, 3.05) is 31.6 Å². The molecule has 1 saturated heterocycles. The fourth-order valence-electron chi connectivity index (χ4n) is 1.94. The standard InChI is InChI=1S/C15H14N4O2/c16-9-12(10-17)11-18-14-3-1-2-13(8-14)15(20)19-4-6-21-7-5-19/h1-3,8,11,18H,4-7H2. The Balaban J connectivity index is 2.10. The molecule has 1 aliphatic rings. The second kappa shape index (κ2) is 7.09. The lowest BCUT2D eigenvalue weighted by molar-refractivity contribution is 0.0303. The molecule has 0 aliphatic carbocycles. The maximum absolute atomic E-state index is 12.3. The van der Waals surface area contributed by atoms with Crippen LogP contribution < -0.4 is 5.32 Å². The predicted octanol–water partition coefficient (Wildman–Crippen LogP) is 1.50. The van der Waals surface area contributed by atoms with Gasteiger partial charge in [0.25, 0.3) is 5.91 Å². The van der Waals surface area contributed by atoms with Gasteiger partial charge in [-0.2, -0.15) is 10.5 Å². The van der Waals surface area contributed by atoms with Gasteiger partial charge in [0, 0.05) is 30.5 Å². The molecule has 1 amide bonds. The van der Waals surface area contributed by atoms with Gasteiger partial charge in [-0.05, 0) is 18.2 Å². The minimum atomic E-state index is -0.0493. The van der Waals surface area contributed by atoms with Crippen molar-refractivity contribution in [2.24, 2.45) is 0 Å². The van der Waals surface area contributed by atoms with Crippen molar-refractivity contribution in [2.45, 2.75) is 0 Å². The van der Waals surface area contributed by atoms with E-state index in [1.54, 1.807) is 41.3 Å². The van der Waals surface area contributed by atoms with Gasteiger partial charge < -0.3 is 15.0 Å². The van der Waals surface area contributed by atoms with E-state index in [-0.39, 0.29) is 11.5 Å². The molecule has 106 valence electrons. The summed E-state index contributed by atoms with van der Waals surface area (Å²) in [5.41, 5.74) is 1.18. The van der Waals surface area contributed by atoms with E-state index in [1.807, 2.05) is 0 Å². The summed E-state index contributed by atoms with van der Waals surface area (Å²) in [6.07, 6.45) is 1.32. The number of hydrogen-bond donors (Lipinski definition) is 1. The quantitative estimate of drug-likeness (QED) is 0.849. The minimum absolute atomic E-state index is 0.0279. The van der Waals surface area contributed by atoms with Gasteiger partial charge in [0.2, 0.25) is 0 Å². The van der Waals surface area contributed by atoms with Crippen LogP contribution in [0.5, 0.6) is 0 Å². The molecule has 1 aromatic carbocycles. The topological polar surface area (TPSA) is 89.2 Å². The van der Waals surface area contributed by atoms with Crippen molar-refractivity contribution in [3.8, 4) is 12.1 Å². The van der Waals surface area contributed by atoms with Crippen LogP contribution in [0.4, 0.5) is 5.69 Å². The third kappa shape index (κ3) is 3.82. The molecule has 1 heterocycles. The number of nitriles is 2. The Morgan fingerprint density at radius 3 is 2.67 bits per heavy atom. The molecule has 1 fully saturated rings. The van der Waals surface area contributed by atoms with Crippen LogP contribution in [0, 0.1) is 22.7 Å². The second-order valence-corrected chi connectivity index (χ2v) is 4.41. The first-order valence-corrected chi connectivity index (χ1v) is 6.48. The van der Waals surface area contributed by atoms with E-state index in [0.29, 0.717) is 37.6 Å². The number of benzene rings is 1. The van der Waals surface area contributed by atoms with E-state index in [0.717, 1.165) is 0 Å². The number of ether oxygens (including phenoxy) is 1. The SMILES string of the molecule is N#CC(C#N)=CNc1cccc(C(=O)N2CCOCC2)c1. The number of morpholine rings is 1. The number of carbonyl (C=O) groups is 1. The Morgan fingerprint density at radius 2 is 2.00 bits per heavy atom. The molecule has 21 heavy (non-hydrogen) atoms. The van der Waals surface area contributed by atoms with Crippen molar-refractivity contribution >= 4 is 11.6 Å². The molecule has 0 spiro atoms. The molecule has 0 radical (unpaired) electrons. The lowest BCUT2D eigenvalue weighted by Gasteiger charge is -2.27. The zero-order valence-electron chi connectivity index (χ0n) is 11.4. The summed E-state index contributed by atoms with van der Waals surface area (Å²) in [4.78, 5) is 14.1. The molecule has 6 nitrogen and oxygen atoms in total. The van der Waals surface area contributed by atoms with Gasteiger partial charge in [-0.25, -0.2) is 0 Å². The number of carbonyl (C=O) groups excluding carboxylic acids is 1. The zero-order chi connectivity index (χ0) is 15.1. The fourth-order valence-corrected chi connectivity index (χ4v) is 1.94. The Labute approximate surface area is 122 Å². The molecular weight excluding hydrogens is 268 g/mol. The summed E-state index contributed by atoms with van der Waals surface area (Å²) in [5.74, 6) is -0.0493. The monoisotopic (exact) mass is 282 g/mol. The van der Waals surface area contributed by atoms with Crippen LogP contribution in [0.15, 0.2) is 36.0 Å². The first-order valence-electron chi connectivity index (χ1n) is 6.48. The molecule has 1 N–H and O–H groups in total. The molecule has 1 aromatic rings. The maximum Gasteiger partial charge on any atom is 0.254 e. The van der Waals surface area contributed by atoms with Crippen LogP contribution in [0.3, 0.4) is 0 Å². The number of anilines is 1. The molecule has 0 atom stereocenters. The number of rotatable bonds is 3. The first kappa shape index (κ1) is 14.6. The Kier molecular flexibility index (Phi) is 4.92. The van der Waals surface area contributed by atoms with Crippen LogP contribution in [0.1, 0.15) is 10.4 Å². The zero-order valence-corrected chi connectivity index (χ0v) is 11.4. The van der Waals surface area contributed by atoms with Crippen LogP contribution in [0.2, 0.25) is 0 Å². The average molecular weight is 282 g/mol. The number of amides is 1. The highest BCUT2D eigenvalue weighted by atomic mass is 16.5. The fraction of sp³-hybridized carbons (Fsp3) is 0.267. The Morgan fingerprint density at radius 1 is 1.29 bits per heavy atom. The van der Waals surface area contributed by atoms with E-state index in [4.69, 9.17) is 15.3 Å². The highest BCUT2D eigenvalue weighted by molar-refractivity contribution is 5.95. The number of nitrogens with zero attached hydrogens (tertiary/aromatic N) is 3. The summed E-state index contributed by atoms with van der Waals surface area (Å²) in [5, 5.41) is 20.2. The number of hydrogen-bond acceptors (Lipinski definition) is 5. The van der Waals surface area contributed by atoms with E-state index in [1.165, 1.54) is 6.20 Å². The summed E-state index contributed by atoms with van der Waals surface area (Å²) in [6.45, 7) is 2.28. The van der Waals surface area contributed by atoms with Gasteiger partial charge in [0.05, 0.1) is 13.2 Å². The van der Waals surface area contributed by atoms with Gasteiger partial charge in [0.1, 0.15) is 17.7 Å². The largest absolute Gasteiger partial charge is 0.378 e. The highest BCUT2D eigenvalue weighted by Crippen LogP contribution is 2.14. The van der Waals surface area contributed by atoms with E-state index in [2.05, 4.69) is 5.32 Å². The average Bonchev–Trinajstić information content (AvgIpc) is 2.56. The second-order valence-electron chi connectivity index (χ2n) is 4.41. The minimum Gasteiger partial charge on any atom is -0.378 e. The summed E-state index contributed by atoms with van der Waals surface area (Å²) >= 11 is 0. The lowest BCUT2D eigenvalue weighted by atomic mass is 10.1. The van der Waals surface area contributed by atoms with Crippen molar-refractivity contribution in [3.05, 3.63) is 41.6 Å². The molecular formula is C15H14N4O2. The van der Waals surface area contributed by atoms with E-state index >= 15 is 0 Å². The highest BCUT2D eigenvalue weighted by Gasteiger charge is 2.18. The normalized spacial score (nSPS) is 13.7. The molecule has 6 heteroatoms. The molecule has 0 saturated carbocycles. The first-order chi connectivity index (χ1) is 10.2. The molecule has 0 bridgehead atoms. The van der Waals surface area contributed by atoms with Crippen LogP contribution in [-0.2, 0) is 4.74 Å². The molecule has 1 aliphatic heterocycles. The third-order valence-electron chi connectivity index (χ3n) is 3.03. The Bertz CT molecular complexity index is 618. The van der Waals surface area contributed by atoms with Crippen molar-refractivity contribution in [1.82, 2.24) is 4.90 Å². The number of nitrogens with one attached hydrogen (secondary N) is 1. The van der Waals surface area contributed by atoms with Gasteiger partial charge in [-0.3, -0.25) is 4.79 Å². The van der Waals surface area contributed by atoms with E-state index in [9.17, 15) is 4.79 Å². The summed E-state index contributed by atoms with van der Waals surface area (Å²) in [6, 6.07) is 10.5. The van der Waals surface area contributed by atoms with Crippen LogP contribution >= 0.6 is 0 Å². The van der Waals surface area contributed by atoms with Crippen molar-refractivity contribution in [3.63, 3.8) is 0 Å². The molecule has 0 aromatic heterocycles. The molecule has 2 rings (SSSR count). The maximum atomic E-state index is 12.3. The van der Waals surface area contributed by atoms with Gasteiger partial charge >= 0.3 is 0 Å². The third-order valence-corrected chi connectivity index (χ3v) is 3.03. The van der Waals surface area contributed by atoms with Crippen LogP contribution in [0.25, 0.3) is 0 Å². The van der Waals surface area contributed by atoms with Crippen molar-refractivity contribution in [1.29, 1.82) is 10.5 Å². The van der Waals surface area contributed by atoms with Crippen molar-refractivity contribution < 1.29 is 9.53 Å².